The van der Waals surface area contributed by atoms with Gasteiger partial charge in [0, 0.05) is 11.6 Å². The van der Waals surface area contributed by atoms with Crippen LogP contribution in [0.1, 0.15) is 19.4 Å². The lowest BCUT2D eigenvalue weighted by Crippen LogP contribution is -2.19. The van der Waals surface area contributed by atoms with E-state index in [-0.39, 0.29) is 12.0 Å². The summed E-state index contributed by atoms with van der Waals surface area (Å²) in [5.74, 6) is 1.43. The summed E-state index contributed by atoms with van der Waals surface area (Å²) in [6.07, 6.45) is 1.51. The van der Waals surface area contributed by atoms with Crippen LogP contribution in [-0.4, -0.2) is 36.3 Å². The van der Waals surface area contributed by atoms with Crippen LogP contribution in [0.15, 0.2) is 22.3 Å². The van der Waals surface area contributed by atoms with E-state index in [1.807, 2.05) is 13.8 Å². The maximum absolute atomic E-state index is 11.0. The number of hydrogen-bond acceptors (Lipinski definition) is 6. The number of rotatable bonds is 5. The van der Waals surface area contributed by atoms with E-state index in [0.29, 0.717) is 33.0 Å². The number of thioether (sulfide) groups is 1. The van der Waals surface area contributed by atoms with Crippen molar-refractivity contribution in [3.8, 4) is 11.5 Å². The number of nitrogens with one attached hydrogen (secondary N) is 1. The molecule has 0 spiro atoms. The molecule has 1 aliphatic rings. The Morgan fingerprint density at radius 2 is 2.18 bits per heavy atom. The molecule has 0 bridgehead atoms. The Labute approximate surface area is 137 Å². The molecule has 22 heavy (non-hydrogen) atoms. The predicted octanol–water partition coefficient (Wildman–Crippen LogP) is 2.69. The smallest absolute Gasteiger partial charge is 0.236 e. The van der Waals surface area contributed by atoms with Crippen molar-refractivity contribution in [1.29, 1.82) is 0 Å². The molecule has 1 aromatic rings. The van der Waals surface area contributed by atoms with Crippen LogP contribution in [0, 0.1) is 0 Å². The Morgan fingerprint density at radius 1 is 1.41 bits per heavy atom. The van der Waals surface area contributed by atoms with E-state index in [9.17, 15) is 4.79 Å². The van der Waals surface area contributed by atoms with Crippen LogP contribution in [0.25, 0.3) is 0 Å². The van der Waals surface area contributed by atoms with Crippen molar-refractivity contribution in [3.05, 3.63) is 22.7 Å². The average Bonchev–Trinajstić information content (AvgIpc) is 2.86. The topological polar surface area (TPSA) is 72.3 Å². The number of carbonyl (C=O) groups excluding carboxylic acids is 1. The van der Waals surface area contributed by atoms with E-state index >= 15 is 0 Å². The fourth-order valence-corrected chi connectivity index (χ4v) is 2.51. The van der Waals surface area contributed by atoms with Gasteiger partial charge in [0.1, 0.15) is 0 Å². The van der Waals surface area contributed by atoms with E-state index < -0.39 is 0 Å². The highest BCUT2D eigenvalue weighted by molar-refractivity contribution is 8.15. The van der Waals surface area contributed by atoms with Crippen molar-refractivity contribution in [3.63, 3.8) is 0 Å². The Hall–Kier alpha value is -1.73. The zero-order valence-corrected chi connectivity index (χ0v) is 14.0. The van der Waals surface area contributed by atoms with Gasteiger partial charge < -0.3 is 14.8 Å². The Balaban J connectivity index is 2.19. The van der Waals surface area contributed by atoms with Gasteiger partial charge >= 0.3 is 0 Å². The second kappa shape index (κ2) is 7.51. The summed E-state index contributed by atoms with van der Waals surface area (Å²) < 4.78 is 10.9. The quantitative estimate of drug-likeness (QED) is 0.660. The molecule has 1 heterocycles. The molecule has 0 atom stereocenters. The number of hydrogen-bond donors (Lipinski definition) is 1. The van der Waals surface area contributed by atoms with Gasteiger partial charge in [-0.1, -0.05) is 23.4 Å². The van der Waals surface area contributed by atoms with Crippen LogP contribution in [-0.2, 0) is 4.79 Å². The first-order valence-corrected chi connectivity index (χ1v) is 7.94. The number of ether oxygens (including phenoxy) is 2. The minimum absolute atomic E-state index is 0.0129. The van der Waals surface area contributed by atoms with Crippen LogP contribution in [0.5, 0.6) is 11.5 Å². The van der Waals surface area contributed by atoms with E-state index in [4.69, 9.17) is 21.1 Å². The molecule has 0 saturated carbocycles. The van der Waals surface area contributed by atoms with Crippen molar-refractivity contribution in [1.82, 2.24) is 5.32 Å². The van der Waals surface area contributed by atoms with Gasteiger partial charge in [-0.2, -0.15) is 5.10 Å². The van der Waals surface area contributed by atoms with E-state index in [1.54, 1.807) is 19.2 Å². The highest BCUT2D eigenvalue weighted by atomic mass is 35.5. The minimum Gasteiger partial charge on any atom is -0.493 e. The lowest BCUT2D eigenvalue weighted by atomic mass is 10.2. The number of amidine groups is 1. The Kier molecular flexibility index (Phi) is 5.68. The molecule has 8 heteroatoms. The van der Waals surface area contributed by atoms with Crippen LogP contribution in [0.2, 0.25) is 5.02 Å². The molecule has 1 fully saturated rings. The molecule has 6 nitrogen and oxygen atoms in total. The first kappa shape index (κ1) is 16.6. The summed E-state index contributed by atoms with van der Waals surface area (Å²) in [7, 11) is 1.56. The molecule has 2 rings (SSSR count). The highest BCUT2D eigenvalue weighted by Crippen LogP contribution is 2.33. The first-order valence-electron chi connectivity index (χ1n) is 6.57. The monoisotopic (exact) mass is 341 g/mol. The summed E-state index contributed by atoms with van der Waals surface area (Å²) >= 11 is 7.51. The molecule has 0 aliphatic carbocycles. The number of methoxy groups -OCH3 is 1. The molecule has 1 amide bonds. The largest absolute Gasteiger partial charge is 0.493 e. The summed E-state index contributed by atoms with van der Waals surface area (Å²) in [6.45, 7) is 3.85. The number of carbonyl (C=O) groups is 1. The molecular weight excluding hydrogens is 326 g/mol. The minimum atomic E-state index is -0.0751. The standard InChI is InChI=1S/C14H16ClN3O3S/c1-8(2)21-12-5-10(15)9(4-11(12)20-3)6-16-18-14-17-13(19)7-22-14/h4-6,8H,7H2,1-3H3,(H,17,18,19). The van der Waals surface area contributed by atoms with Gasteiger partial charge in [0.2, 0.25) is 5.91 Å². The molecule has 1 saturated heterocycles. The van der Waals surface area contributed by atoms with Crippen LogP contribution in [0.4, 0.5) is 0 Å². The molecule has 1 aliphatic heterocycles. The molecule has 1 N–H and O–H groups in total. The second-order valence-electron chi connectivity index (χ2n) is 4.68. The lowest BCUT2D eigenvalue weighted by molar-refractivity contribution is -0.116. The third-order valence-corrected chi connectivity index (χ3v) is 3.77. The third-order valence-electron chi connectivity index (χ3n) is 2.58. The fraction of sp³-hybridized carbons (Fsp3) is 0.357. The van der Waals surface area contributed by atoms with Gasteiger partial charge in [0.25, 0.3) is 0 Å². The molecule has 0 radical (unpaired) electrons. The Bertz CT molecular complexity index is 632. The fourth-order valence-electron chi connectivity index (χ4n) is 1.68. The molecule has 118 valence electrons. The van der Waals surface area contributed by atoms with Gasteiger partial charge in [-0.05, 0) is 19.9 Å². The molecular formula is C14H16ClN3O3S. The molecule has 1 aromatic carbocycles. The summed E-state index contributed by atoms with van der Waals surface area (Å²) in [4.78, 5) is 11.0. The third kappa shape index (κ3) is 4.38. The van der Waals surface area contributed by atoms with Crippen molar-refractivity contribution < 1.29 is 14.3 Å². The first-order chi connectivity index (χ1) is 10.5. The number of amides is 1. The predicted molar refractivity (Wildman–Crippen MR) is 89.4 cm³/mol. The van der Waals surface area contributed by atoms with E-state index in [1.165, 1.54) is 18.0 Å². The zero-order chi connectivity index (χ0) is 16.1. The summed E-state index contributed by atoms with van der Waals surface area (Å²) in [5, 5.41) is 11.4. The summed E-state index contributed by atoms with van der Waals surface area (Å²) in [5.41, 5.74) is 0.647. The summed E-state index contributed by atoms with van der Waals surface area (Å²) in [6, 6.07) is 3.41. The van der Waals surface area contributed by atoms with Crippen molar-refractivity contribution >= 4 is 40.7 Å². The molecule has 0 unspecified atom stereocenters. The number of halogens is 1. The molecule has 0 aromatic heterocycles. The SMILES string of the molecule is COc1cc(C=NN=C2NC(=O)CS2)c(Cl)cc1OC(C)C. The van der Waals surface area contributed by atoms with Crippen LogP contribution in [0.3, 0.4) is 0 Å². The van der Waals surface area contributed by atoms with Gasteiger partial charge in [0.15, 0.2) is 16.7 Å². The van der Waals surface area contributed by atoms with Crippen LogP contribution >= 0.6 is 23.4 Å². The lowest BCUT2D eigenvalue weighted by Gasteiger charge is -2.14. The second-order valence-corrected chi connectivity index (χ2v) is 6.05. The number of nitrogens with zero attached hydrogens (tertiary/aromatic N) is 2. The van der Waals surface area contributed by atoms with Crippen molar-refractivity contribution in [2.45, 2.75) is 20.0 Å². The van der Waals surface area contributed by atoms with Crippen molar-refractivity contribution in [2.24, 2.45) is 10.2 Å². The normalized spacial score (nSPS) is 16.6. The van der Waals surface area contributed by atoms with E-state index in [0.717, 1.165) is 0 Å². The maximum Gasteiger partial charge on any atom is 0.236 e. The maximum atomic E-state index is 11.0. The van der Waals surface area contributed by atoms with Gasteiger partial charge in [-0.25, -0.2) is 0 Å². The van der Waals surface area contributed by atoms with Gasteiger partial charge in [0.05, 0.1) is 30.2 Å². The van der Waals surface area contributed by atoms with E-state index in [2.05, 4.69) is 15.5 Å². The van der Waals surface area contributed by atoms with Crippen molar-refractivity contribution in [2.75, 3.05) is 12.9 Å². The van der Waals surface area contributed by atoms with Gasteiger partial charge in [-0.3, -0.25) is 4.79 Å². The zero-order valence-electron chi connectivity index (χ0n) is 12.4. The highest BCUT2D eigenvalue weighted by Gasteiger charge is 2.16. The average molecular weight is 342 g/mol. The Morgan fingerprint density at radius 3 is 2.77 bits per heavy atom. The van der Waals surface area contributed by atoms with Crippen LogP contribution < -0.4 is 14.8 Å². The van der Waals surface area contributed by atoms with Gasteiger partial charge in [-0.15, -0.1) is 5.10 Å². The number of benzene rings is 1.